The van der Waals surface area contributed by atoms with Crippen molar-refractivity contribution in [2.24, 2.45) is 0 Å². The summed E-state index contributed by atoms with van der Waals surface area (Å²) >= 11 is 0. The summed E-state index contributed by atoms with van der Waals surface area (Å²) in [4.78, 5) is 11.3. The van der Waals surface area contributed by atoms with Gasteiger partial charge in [0.05, 0.1) is 7.11 Å². The molecule has 0 amide bonds. The number of para-hydroxylation sites is 2. The molecular weight excluding hydrogens is 270 g/mol. The van der Waals surface area contributed by atoms with E-state index in [4.69, 9.17) is 0 Å². The van der Waals surface area contributed by atoms with Gasteiger partial charge in [-0.25, -0.2) is 4.79 Å². The van der Waals surface area contributed by atoms with Crippen molar-refractivity contribution in [3.05, 3.63) is 60.2 Å². The van der Waals surface area contributed by atoms with E-state index in [1.54, 1.807) is 24.3 Å². The number of carbonyl (C=O) groups excluding carboxylic acids is 1. The largest absolute Gasteiger partial charge is 0.467 e. The van der Waals surface area contributed by atoms with Crippen molar-refractivity contribution >= 4 is 17.3 Å². The number of aliphatic hydroxyl groups excluding tert-OH is 2. The van der Waals surface area contributed by atoms with E-state index >= 15 is 0 Å². The zero-order valence-corrected chi connectivity index (χ0v) is 11.6. The highest BCUT2D eigenvalue weighted by Gasteiger charge is 2.28. The maximum absolute atomic E-state index is 11.3. The Kier molecular flexibility index (Phi) is 4.92. The van der Waals surface area contributed by atoms with Gasteiger partial charge >= 0.3 is 5.97 Å². The molecule has 0 fully saturated rings. The predicted molar refractivity (Wildman–Crippen MR) is 79.1 cm³/mol. The zero-order valence-electron chi connectivity index (χ0n) is 11.6. The molecule has 0 aliphatic heterocycles. The fraction of sp³-hybridized carbons (Fsp3) is 0.188. The van der Waals surface area contributed by atoms with Crippen LogP contribution < -0.4 is 5.32 Å². The highest BCUT2D eigenvalue weighted by atomic mass is 16.5. The number of hydrogen-bond acceptors (Lipinski definition) is 5. The van der Waals surface area contributed by atoms with E-state index in [2.05, 4.69) is 10.1 Å². The van der Waals surface area contributed by atoms with E-state index in [1.165, 1.54) is 0 Å². The highest BCUT2D eigenvalue weighted by Crippen LogP contribution is 2.28. The van der Waals surface area contributed by atoms with Crippen LogP contribution in [0, 0.1) is 0 Å². The quantitative estimate of drug-likeness (QED) is 0.733. The third kappa shape index (κ3) is 3.59. The first-order chi connectivity index (χ1) is 10.1. The molecule has 2 rings (SSSR count). The van der Waals surface area contributed by atoms with Crippen LogP contribution >= 0.6 is 0 Å². The normalized spacial score (nSPS) is 13.3. The Morgan fingerprint density at radius 1 is 1.05 bits per heavy atom. The number of ether oxygens (including phenoxy) is 1. The minimum absolute atomic E-state index is 0.416. The first-order valence-corrected chi connectivity index (χ1v) is 6.48. The van der Waals surface area contributed by atoms with Gasteiger partial charge < -0.3 is 20.3 Å². The summed E-state index contributed by atoms with van der Waals surface area (Å²) in [6.07, 6.45) is -3.00. The molecule has 5 heteroatoms. The lowest BCUT2D eigenvalue weighted by Crippen LogP contribution is -2.29. The van der Waals surface area contributed by atoms with Crippen molar-refractivity contribution in [1.29, 1.82) is 0 Å². The molecule has 0 aliphatic rings. The number of nitrogens with one attached hydrogen (secondary N) is 1. The van der Waals surface area contributed by atoms with Gasteiger partial charge in [-0.2, -0.15) is 0 Å². The van der Waals surface area contributed by atoms with E-state index in [1.807, 2.05) is 30.3 Å². The SMILES string of the molecule is COC(=O)C(O)C(O)c1ccccc1Nc1ccccc1. The number of anilines is 2. The molecule has 3 N–H and O–H groups in total. The number of methoxy groups -OCH3 is 1. The number of aliphatic hydroxyl groups is 2. The van der Waals surface area contributed by atoms with Gasteiger partial charge in [0.15, 0.2) is 6.10 Å². The van der Waals surface area contributed by atoms with Gasteiger partial charge in [0, 0.05) is 16.9 Å². The first-order valence-electron chi connectivity index (χ1n) is 6.48. The van der Waals surface area contributed by atoms with E-state index in [-0.39, 0.29) is 0 Å². The highest BCUT2D eigenvalue weighted by molar-refractivity contribution is 5.76. The minimum Gasteiger partial charge on any atom is -0.467 e. The van der Waals surface area contributed by atoms with Crippen molar-refractivity contribution in [2.45, 2.75) is 12.2 Å². The number of benzene rings is 2. The summed E-state index contributed by atoms with van der Waals surface area (Å²) in [7, 11) is 1.16. The number of esters is 1. The van der Waals surface area contributed by atoms with Crippen LogP contribution in [0.2, 0.25) is 0 Å². The lowest BCUT2D eigenvalue weighted by Gasteiger charge is -2.19. The minimum atomic E-state index is -1.63. The van der Waals surface area contributed by atoms with Crippen LogP contribution in [0.5, 0.6) is 0 Å². The van der Waals surface area contributed by atoms with Crippen LogP contribution in [0.15, 0.2) is 54.6 Å². The van der Waals surface area contributed by atoms with Crippen molar-refractivity contribution in [3.8, 4) is 0 Å². The summed E-state index contributed by atoms with van der Waals surface area (Å²) in [6.45, 7) is 0. The maximum Gasteiger partial charge on any atom is 0.337 e. The predicted octanol–water partition coefficient (Wildman–Crippen LogP) is 2.00. The van der Waals surface area contributed by atoms with Gasteiger partial charge in [-0.1, -0.05) is 36.4 Å². The molecule has 0 bridgehead atoms. The fourth-order valence-electron chi connectivity index (χ4n) is 1.97. The third-order valence-corrected chi connectivity index (χ3v) is 3.07. The molecule has 0 saturated heterocycles. The number of hydrogen-bond donors (Lipinski definition) is 3. The topological polar surface area (TPSA) is 78.8 Å². The first kappa shape index (κ1) is 15.0. The zero-order chi connectivity index (χ0) is 15.2. The molecule has 0 aliphatic carbocycles. The van der Waals surface area contributed by atoms with Crippen LogP contribution in [0.25, 0.3) is 0 Å². The van der Waals surface area contributed by atoms with E-state index in [0.29, 0.717) is 11.3 Å². The average molecular weight is 287 g/mol. The lowest BCUT2D eigenvalue weighted by atomic mass is 10.0. The smallest absolute Gasteiger partial charge is 0.337 e. The van der Waals surface area contributed by atoms with Crippen LogP contribution in [0.1, 0.15) is 11.7 Å². The second kappa shape index (κ2) is 6.88. The fourth-order valence-corrected chi connectivity index (χ4v) is 1.97. The Morgan fingerprint density at radius 2 is 1.67 bits per heavy atom. The van der Waals surface area contributed by atoms with Crippen molar-refractivity contribution in [3.63, 3.8) is 0 Å². The van der Waals surface area contributed by atoms with Gasteiger partial charge in [-0.15, -0.1) is 0 Å². The number of carbonyl (C=O) groups is 1. The standard InChI is InChI=1S/C16H17NO4/c1-21-16(20)15(19)14(18)12-9-5-6-10-13(12)17-11-7-3-2-4-8-11/h2-10,14-15,17-19H,1H3. The van der Waals surface area contributed by atoms with E-state index in [0.717, 1.165) is 12.8 Å². The van der Waals surface area contributed by atoms with Crippen LogP contribution in [0.3, 0.4) is 0 Å². The Morgan fingerprint density at radius 3 is 2.33 bits per heavy atom. The summed E-state index contributed by atoms with van der Waals surface area (Å²) < 4.78 is 4.44. The van der Waals surface area contributed by atoms with Gasteiger partial charge in [-0.3, -0.25) is 0 Å². The van der Waals surface area contributed by atoms with Crippen molar-refractivity contribution in [1.82, 2.24) is 0 Å². The van der Waals surface area contributed by atoms with E-state index < -0.39 is 18.2 Å². The molecule has 0 saturated carbocycles. The molecule has 2 aromatic carbocycles. The molecular formula is C16H17NO4. The van der Waals surface area contributed by atoms with Crippen LogP contribution in [-0.2, 0) is 9.53 Å². The van der Waals surface area contributed by atoms with Gasteiger partial charge in [0.2, 0.25) is 0 Å². The molecule has 0 heterocycles. The summed E-state index contributed by atoms with van der Waals surface area (Å²) in [6, 6.07) is 16.3. The lowest BCUT2D eigenvalue weighted by molar-refractivity contribution is -0.156. The Bertz CT molecular complexity index is 600. The second-order valence-corrected chi connectivity index (χ2v) is 4.49. The molecule has 5 nitrogen and oxygen atoms in total. The van der Waals surface area contributed by atoms with E-state index in [9.17, 15) is 15.0 Å². The average Bonchev–Trinajstić information content (AvgIpc) is 2.54. The second-order valence-electron chi connectivity index (χ2n) is 4.49. The van der Waals surface area contributed by atoms with Crippen molar-refractivity contribution < 1.29 is 19.7 Å². The summed E-state index contributed by atoms with van der Waals surface area (Å²) in [5.41, 5.74) is 1.86. The molecule has 2 aromatic rings. The maximum atomic E-state index is 11.3. The molecule has 0 radical (unpaired) electrons. The molecule has 21 heavy (non-hydrogen) atoms. The Labute approximate surface area is 122 Å². The van der Waals surface area contributed by atoms with Crippen molar-refractivity contribution in [2.75, 3.05) is 12.4 Å². The number of rotatable bonds is 5. The summed E-state index contributed by atoms with van der Waals surface area (Å²) in [5.74, 6) is -0.878. The van der Waals surface area contributed by atoms with Gasteiger partial charge in [-0.05, 0) is 18.2 Å². The Hall–Kier alpha value is -2.37. The molecule has 0 aromatic heterocycles. The Balaban J connectivity index is 2.26. The molecule has 2 atom stereocenters. The van der Waals surface area contributed by atoms with Crippen LogP contribution in [-0.4, -0.2) is 29.4 Å². The summed E-state index contributed by atoms with van der Waals surface area (Å²) in [5, 5.41) is 23.1. The van der Waals surface area contributed by atoms with Gasteiger partial charge in [0.1, 0.15) is 6.10 Å². The molecule has 0 spiro atoms. The third-order valence-electron chi connectivity index (χ3n) is 3.07. The van der Waals surface area contributed by atoms with Crippen LogP contribution in [0.4, 0.5) is 11.4 Å². The van der Waals surface area contributed by atoms with Gasteiger partial charge in [0.25, 0.3) is 0 Å². The molecule has 110 valence electrons. The monoisotopic (exact) mass is 287 g/mol. The molecule has 2 unspecified atom stereocenters.